The van der Waals surface area contributed by atoms with Gasteiger partial charge in [0.05, 0.1) is 20.8 Å². The summed E-state index contributed by atoms with van der Waals surface area (Å²) in [5.41, 5.74) is 0.322. The highest BCUT2D eigenvalue weighted by Crippen LogP contribution is 2.25. The molecule has 162 valence electrons. The second-order valence-corrected chi connectivity index (χ2v) is 8.71. The molecule has 1 saturated carbocycles. The molecule has 2 rings (SSSR count). The summed E-state index contributed by atoms with van der Waals surface area (Å²) in [6, 6.07) is 5.52. The maximum atomic E-state index is 12.5. The van der Waals surface area contributed by atoms with Gasteiger partial charge in [-0.3, -0.25) is 9.59 Å². The van der Waals surface area contributed by atoms with Crippen molar-refractivity contribution in [3.05, 3.63) is 23.8 Å². The predicted octanol–water partition coefficient (Wildman–Crippen LogP) is 2.50. The van der Waals surface area contributed by atoms with Crippen LogP contribution in [0.3, 0.4) is 0 Å². The minimum atomic E-state index is -0.207. The van der Waals surface area contributed by atoms with Crippen LogP contribution >= 0.6 is 0 Å². The molecule has 0 aromatic heterocycles. The van der Waals surface area contributed by atoms with Crippen molar-refractivity contribution in [2.24, 2.45) is 5.92 Å². The van der Waals surface area contributed by atoms with Crippen molar-refractivity contribution in [2.45, 2.75) is 58.0 Å². The van der Waals surface area contributed by atoms with E-state index in [-0.39, 0.29) is 17.4 Å². The second kappa shape index (κ2) is 10.5. The van der Waals surface area contributed by atoms with Crippen LogP contribution in [0.15, 0.2) is 18.2 Å². The number of hydrogen-bond acceptors (Lipinski definition) is 5. The van der Waals surface area contributed by atoms with Gasteiger partial charge in [0, 0.05) is 29.8 Å². The molecule has 0 atom stereocenters. The molecule has 0 unspecified atom stereocenters. The summed E-state index contributed by atoms with van der Waals surface area (Å²) in [5.74, 6) is 1.54. The molecule has 1 aromatic rings. The van der Waals surface area contributed by atoms with Gasteiger partial charge in [-0.1, -0.05) is 0 Å². The number of nitrogens with one attached hydrogen (secondary N) is 3. The fourth-order valence-electron chi connectivity index (χ4n) is 3.55. The molecule has 29 heavy (non-hydrogen) atoms. The molecule has 7 nitrogen and oxygen atoms in total. The van der Waals surface area contributed by atoms with E-state index in [1.165, 1.54) is 0 Å². The second-order valence-electron chi connectivity index (χ2n) is 8.71. The van der Waals surface area contributed by atoms with E-state index in [1.807, 2.05) is 20.8 Å². The average Bonchev–Trinajstić information content (AvgIpc) is 2.69. The molecule has 0 bridgehead atoms. The van der Waals surface area contributed by atoms with Crippen molar-refractivity contribution >= 4 is 11.8 Å². The Kier molecular flexibility index (Phi) is 8.32. The standard InChI is InChI=1S/C22H35N3O4/c1-22(2,3)25-20(26)14-23-17-8-6-15(7-9-17)13-24-21(27)16-10-18(28-4)12-19(11-16)29-5/h10-12,15,17,23H,6-9,13-14H2,1-5H3,(H,24,27)(H,25,26)/t15-,17+. The fourth-order valence-corrected chi connectivity index (χ4v) is 3.55. The Labute approximate surface area is 173 Å². The van der Waals surface area contributed by atoms with Crippen LogP contribution in [0.5, 0.6) is 11.5 Å². The number of benzene rings is 1. The maximum absolute atomic E-state index is 12.5. The lowest BCUT2D eigenvalue weighted by Crippen LogP contribution is -2.47. The number of amides is 2. The van der Waals surface area contributed by atoms with Crippen molar-refractivity contribution < 1.29 is 19.1 Å². The number of hydrogen-bond donors (Lipinski definition) is 3. The topological polar surface area (TPSA) is 88.7 Å². The molecule has 0 aliphatic heterocycles. The van der Waals surface area contributed by atoms with Gasteiger partial charge in [-0.25, -0.2) is 0 Å². The van der Waals surface area contributed by atoms with Gasteiger partial charge in [-0.15, -0.1) is 0 Å². The molecule has 0 heterocycles. The van der Waals surface area contributed by atoms with Crippen LogP contribution in [0.4, 0.5) is 0 Å². The number of methoxy groups -OCH3 is 2. The van der Waals surface area contributed by atoms with E-state index in [0.717, 1.165) is 25.7 Å². The zero-order valence-electron chi connectivity index (χ0n) is 18.3. The predicted molar refractivity (Wildman–Crippen MR) is 114 cm³/mol. The molecule has 1 fully saturated rings. The van der Waals surface area contributed by atoms with Crippen molar-refractivity contribution in [1.29, 1.82) is 0 Å². The minimum Gasteiger partial charge on any atom is -0.497 e. The Balaban J connectivity index is 1.73. The smallest absolute Gasteiger partial charge is 0.251 e. The van der Waals surface area contributed by atoms with Crippen LogP contribution in [0.1, 0.15) is 56.8 Å². The van der Waals surface area contributed by atoms with Crippen molar-refractivity contribution in [3.63, 3.8) is 0 Å². The highest BCUT2D eigenvalue weighted by atomic mass is 16.5. The summed E-state index contributed by atoms with van der Waals surface area (Å²) >= 11 is 0. The van der Waals surface area contributed by atoms with Gasteiger partial charge in [0.25, 0.3) is 5.91 Å². The van der Waals surface area contributed by atoms with E-state index in [9.17, 15) is 9.59 Å². The van der Waals surface area contributed by atoms with Gasteiger partial charge in [0.2, 0.25) is 5.91 Å². The fraction of sp³-hybridized carbons (Fsp3) is 0.636. The lowest BCUT2D eigenvalue weighted by Gasteiger charge is -2.29. The third kappa shape index (κ3) is 7.93. The van der Waals surface area contributed by atoms with E-state index in [1.54, 1.807) is 32.4 Å². The number of carbonyl (C=O) groups is 2. The van der Waals surface area contributed by atoms with E-state index in [0.29, 0.717) is 42.1 Å². The summed E-state index contributed by atoms with van der Waals surface area (Å²) in [6.45, 7) is 6.93. The van der Waals surface area contributed by atoms with Crippen LogP contribution in [0.25, 0.3) is 0 Å². The summed E-state index contributed by atoms with van der Waals surface area (Å²) in [4.78, 5) is 24.4. The van der Waals surface area contributed by atoms with E-state index in [2.05, 4.69) is 16.0 Å². The third-order valence-electron chi connectivity index (χ3n) is 5.08. The van der Waals surface area contributed by atoms with Gasteiger partial charge in [0.1, 0.15) is 11.5 Å². The Hall–Kier alpha value is -2.28. The molecule has 3 N–H and O–H groups in total. The summed E-state index contributed by atoms with van der Waals surface area (Å²) in [5, 5.41) is 9.35. The summed E-state index contributed by atoms with van der Waals surface area (Å²) in [6.07, 6.45) is 4.08. The van der Waals surface area contributed by atoms with Gasteiger partial charge in [-0.2, -0.15) is 0 Å². The zero-order valence-corrected chi connectivity index (χ0v) is 18.3. The number of ether oxygens (including phenoxy) is 2. The molecular weight excluding hydrogens is 370 g/mol. The first-order chi connectivity index (χ1) is 13.7. The summed E-state index contributed by atoms with van der Waals surface area (Å²) in [7, 11) is 3.13. The third-order valence-corrected chi connectivity index (χ3v) is 5.08. The van der Waals surface area contributed by atoms with Gasteiger partial charge < -0.3 is 25.4 Å². The first-order valence-electron chi connectivity index (χ1n) is 10.3. The van der Waals surface area contributed by atoms with Crippen molar-refractivity contribution in [1.82, 2.24) is 16.0 Å². The van der Waals surface area contributed by atoms with Crippen LogP contribution in [-0.2, 0) is 4.79 Å². The molecule has 0 spiro atoms. The van der Waals surface area contributed by atoms with Crippen LogP contribution < -0.4 is 25.4 Å². The SMILES string of the molecule is COc1cc(OC)cc(C(=O)NC[C@H]2CC[C@@H](NCC(=O)NC(C)(C)C)CC2)c1. The van der Waals surface area contributed by atoms with Crippen LogP contribution in [0.2, 0.25) is 0 Å². The minimum absolute atomic E-state index is 0.0283. The largest absolute Gasteiger partial charge is 0.497 e. The lowest BCUT2D eigenvalue weighted by atomic mass is 9.86. The lowest BCUT2D eigenvalue weighted by molar-refractivity contribution is -0.121. The normalized spacial score (nSPS) is 19.3. The van der Waals surface area contributed by atoms with E-state index in [4.69, 9.17) is 9.47 Å². The molecule has 1 aliphatic rings. The number of rotatable bonds is 8. The molecule has 1 aromatic carbocycles. The highest BCUT2D eigenvalue weighted by molar-refractivity contribution is 5.95. The Morgan fingerprint density at radius 2 is 1.59 bits per heavy atom. The monoisotopic (exact) mass is 405 g/mol. The molecule has 1 aliphatic carbocycles. The molecule has 0 radical (unpaired) electrons. The Morgan fingerprint density at radius 1 is 1.00 bits per heavy atom. The zero-order chi connectivity index (χ0) is 21.4. The quantitative estimate of drug-likeness (QED) is 0.618. The van der Waals surface area contributed by atoms with Gasteiger partial charge >= 0.3 is 0 Å². The molecule has 0 saturated heterocycles. The number of carbonyl (C=O) groups excluding carboxylic acids is 2. The van der Waals surface area contributed by atoms with Gasteiger partial charge in [0.15, 0.2) is 0 Å². The molecular formula is C22H35N3O4. The highest BCUT2D eigenvalue weighted by Gasteiger charge is 2.23. The Bertz CT molecular complexity index is 670. The maximum Gasteiger partial charge on any atom is 0.251 e. The molecule has 7 heteroatoms. The average molecular weight is 406 g/mol. The van der Waals surface area contributed by atoms with E-state index < -0.39 is 0 Å². The first kappa shape index (κ1) is 23.0. The Morgan fingerprint density at radius 3 is 2.10 bits per heavy atom. The first-order valence-corrected chi connectivity index (χ1v) is 10.3. The summed E-state index contributed by atoms with van der Waals surface area (Å²) < 4.78 is 10.4. The van der Waals surface area contributed by atoms with Crippen LogP contribution in [0, 0.1) is 5.92 Å². The van der Waals surface area contributed by atoms with Crippen LogP contribution in [-0.4, -0.2) is 50.7 Å². The van der Waals surface area contributed by atoms with E-state index >= 15 is 0 Å². The van der Waals surface area contributed by atoms with Crippen molar-refractivity contribution in [2.75, 3.05) is 27.3 Å². The van der Waals surface area contributed by atoms with Gasteiger partial charge in [-0.05, 0) is 64.5 Å². The van der Waals surface area contributed by atoms with Crippen molar-refractivity contribution in [3.8, 4) is 11.5 Å². The molecule has 2 amide bonds.